The highest BCUT2D eigenvalue weighted by atomic mass is 35.5. The second-order valence-electron chi connectivity index (χ2n) is 9.31. The zero-order chi connectivity index (χ0) is 27.0. The maximum absolute atomic E-state index is 12.3. The Morgan fingerprint density at radius 2 is 1.92 bits per heavy atom. The minimum Gasteiger partial charge on any atom is -0.384 e. The average molecular weight is 543 g/mol. The zero-order valence-electron chi connectivity index (χ0n) is 21.7. The fraction of sp³-hybridized carbons (Fsp3) is 0.241. The van der Waals surface area contributed by atoms with Gasteiger partial charge in [0.05, 0.1) is 17.4 Å². The summed E-state index contributed by atoms with van der Waals surface area (Å²) in [5, 5.41) is 26.8. The molecule has 9 nitrogen and oxygen atoms in total. The van der Waals surface area contributed by atoms with Gasteiger partial charge in [0.1, 0.15) is 12.2 Å². The number of nitrogens with one attached hydrogen (secondary N) is 4. The lowest BCUT2D eigenvalue weighted by Crippen LogP contribution is -2.29. The van der Waals surface area contributed by atoms with Crippen molar-refractivity contribution in [3.63, 3.8) is 0 Å². The maximum Gasteiger partial charge on any atom is 0.221 e. The van der Waals surface area contributed by atoms with Crippen LogP contribution in [0.1, 0.15) is 24.2 Å². The Morgan fingerprint density at radius 1 is 1.05 bits per heavy atom. The molecule has 200 valence electrons. The largest absolute Gasteiger partial charge is 0.384 e. The third-order valence-electron chi connectivity index (χ3n) is 6.51. The molecule has 0 saturated carbocycles. The highest BCUT2D eigenvalue weighted by Crippen LogP contribution is 2.29. The summed E-state index contributed by atoms with van der Waals surface area (Å²) < 4.78 is 1.92. The topological polar surface area (TPSA) is 113 Å². The van der Waals surface area contributed by atoms with Crippen molar-refractivity contribution in [2.45, 2.75) is 26.3 Å². The Kier molecular flexibility index (Phi) is 8.50. The number of carbonyl (C=O) groups is 1. The van der Waals surface area contributed by atoms with Crippen LogP contribution in [-0.2, 0) is 11.3 Å². The Balaban J connectivity index is 1.02. The summed E-state index contributed by atoms with van der Waals surface area (Å²) in [6, 6.07) is 20.2. The molecular weight excluding hydrogens is 512 g/mol. The van der Waals surface area contributed by atoms with E-state index in [9.17, 15) is 4.79 Å². The molecule has 0 saturated heterocycles. The number of H-pyrrole nitrogens is 1. The highest BCUT2D eigenvalue weighted by molar-refractivity contribution is 6.33. The van der Waals surface area contributed by atoms with E-state index >= 15 is 0 Å². The molecule has 0 aliphatic heterocycles. The molecule has 0 spiro atoms. The van der Waals surface area contributed by atoms with Crippen LogP contribution in [0.25, 0.3) is 27.7 Å². The first-order valence-electron chi connectivity index (χ1n) is 13.0. The quantitative estimate of drug-likeness (QED) is 0.167. The number of carbonyl (C=O) groups excluding carboxylic acids is 1. The minimum atomic E-state index is 0.0299. The number of benzene rings is 3. The summed E-state index contributed by atoms with van der Waals surface area (Å²) in [6.07, 6.45) is 4.71. The van der Waals surface area contributed by atoms with Gasteiger partial charge < -0.3 is 16.0 Å². The van der Waals surface area contributed by atoms with Gasteiger partial charge in [0.2, 0.25) is 5.91 Å². The number of halogens is 1. The van der Waals surface area contributed by atoms with Crippen LogP contribution in [0.5, 0.6) is 0 Å². The molecule has 5 rings (SSSR count). The molecule has 3 aromatic carbocycles. The molecule has 2 aromatic heterocycles. The Bertz CT molecular complexity index is 1550. The molecule has 10 heteroatoms. The maximum atomic E-state index is 12.3. The molecule has 0 aliphatic carbocycles. The number of amides is 1. The van der Waals surface area contributed by atoms with E-state index in [-0.39, 0.29) is 5.91 Å². The van der Waals surface area contributed by atoms with Gasteiger partial charge in [-0.05, 0) is 42.7 Å². The van der Waals surface area contributed by atoms with E-state index in [4.69, 9.17) is 11.6 Å². The number of anilines is 1. The first-order chi connectivity index (χ1) is 19.1. The third kappa shape index (κ3) is 6.63. The lowest BCUT2D eigenvalue weighted by Gasteiger charge is -2.12. The van der Waals surface area contributed by atoms with E-state index in [1.165, 1.54) is 0 Å². The number of hydrogen-bond donors (Lipinski definition) is 4. The van der Waals surface area contributed by atoms with Gasteiger partial charge in [0, 0.05) is 54.3 Å². The van der Waals surface area contributed by atoms with Gasteiger partial charge in [-0.2, -0.15) is 5.10 Å². The van der Waals surface area contributed by atoms with Crippen molar-refractivity contribution >= 4 is 34.1 Å². The summed E-state index contributed by atoms with van der Waals surface area (Å²) in [7, 11) is 0. The number of hydrogen-bond acceptors (Lipinski definition) is 6. The van der Waals surface area contributed by atoms with Crippen molar-refractivity contribution in [1.29, 1.82) is 0 Å². The zero-order valence-corrected chi connectivity index (χ0v) is 22.5. The third-order valence-corrected chi connectivity index (χ3v) is 6.82. The van der Waals surface area contributed by atoms with Crippen LogP contribution in [0.3, 0.4) is 0 Å². The molecule has 1 amide bonds. The van der Waals surface area contributed by atoms with Crippen LogP contribution in [0.2, 0.25) is 5.02 Å². The van der Waals surface area contributed by atoms with E-state index in [0.29, 0.717) is 32.6 Å². The molecule has 39 heavy (non-hydrogen) atoms. The average Bonchev–Trinajstić information content (AvgIpc) is 3.60. The lowest BCUT2D eigenvalue weighted by atomic mass is 10.0. The molecule has 4 N–H and O–H groups in total. The molecule has 0 fully saturated rings. The van der Waals surface area contributed by atoms with Gasteiger partial charge in [0.15, 0.2) is 0 Å². The molecule has 5 aromatic rings. The van der Waals surface area contributed by atoms with Crippen LogP contribution in [0, 0.1) is 6.92 Å². The summed E-state index contributed by atoms with van der Waals surface area (Å²) in [4.78, 5) is 12.3. The minimum absolute atomic E-state index is 0.0299. The predicted octanol–water partition coefficient (Wildman–Crippen LogP) is 4.87. The van der Waals surface area contributed by atoms with Gasteiger partial charge in [-0.25, -0.2) is 0 Å². The number of rotatable bonds is 12. The standard InChI is InChI=1S/C29H31ClN8O/c1-20-36-35-19-38(20)23-15-27(25-18-34-37-28(25)16-23)32-11-5-12-33-29(39)10-13-31-17-21-8-9-24(26(30)14-21)22-6-3-2-4-7-22/h2-4,6-9,14-16,18-19,31-32H,5,10-13,17H2,1H3,(H,33,39)(H,34,37). The van der Waals surface area contributed by atoms with Gasteiger partial charge in [-0.15, -0.1) is 10.2 Å². The molecule has 0 bridgehead atoms. The molecule has 0 aliphatic rings. The Labute approximate surface area is 232 Å². The van der Waals surface area contributed by atoms with E-state index in [1.54, 1.807) is 12.5 Å². The van der Waals surface area contributed by atoms with Gasteiger partial charge in [0.25, 0.3) is 0 Å². The van der Waals surface area contributed by atoms with E-state index in [0.717, 1.165) is 56.2 Å². The Hall–Kier alpha value is -4.21. The Morgan fingerprint density at radius 3 is 2.72 bits per heavy atom. The number of aromatic nitrogens is 5. The molecule has 0 atom stereocenters. The molecular formula is C29H31ClN8O. The number of fused-ring (bicyclic) bond motifs is 1. The second-order valence-corrected chi connectivity index (χ2v) is 9.72. The molecule has 0 unspecified atom stereocenters. The number of aryl methyl sites for hydroxylation is 1. The van der Waals surface area contributed by atoms with E-state index in [2.05, 4.69) is 48.5 Å². The molecule has 0 radical (unpaired) electrons. The summed E-state index contributed by atoms with van der Waals surface area (Å²) in [6.45, 7) is 4.47. The van der Waals surface area contributed by atoms with Crippen LogP contribution >= 0.6 is 11.6 Å². The van der Waals surface area contributed by atoms with Gasteiger partial charge in [-0.3, -0.25) is 14.5 Å². The fourth-order valence-electron chi connectivity index (χ4n) is 4.45. The number of aromatic amines is 1. The van der Waals surface area contributed by atoms with Crippen LogP contribution in [-0.4, -0.2) is 50.5 Å². The van der Waals surface area contributed by atoms with Crippen LogP contribution in [0.15, 0.2) is 73.2 Å². The fourth-order valence-corrected chi connectivity index (χ4v) is 4.76. The summed E-state index contributed by atoms with van der Waals surface area (Å²) in [5.74, 6) is 0.837. The van der Waals surface area contributed by atoms with Crippen molar-refractivity contribution in [3.05, 3.63) is 89.6 Å². The first-order valence-corrected chi connectivity index (χ1v) is 13.4. The lowest BCUT2D eigenvalue weighted by molar-refractivity contribution is -0.120. The summed E-state index contributed by atoms with van der Waals surface area (Å²) in [5.41, 5.74) is 6.05. The van der Waals surface area contributed by atoms with Crippen molar-refractivity contribution in [1.82, 2.24) is 35.6 Å². The SMILES string of the molecule is Cc1nncn1-c1cc(NCCCNC(=O)CCNCc2ccc(-c3ccccc3)c(Cl)c2)c2cn[nH]c2c1. The smallest absolute Gasteiger partial charge is 0.221 e. The van der Waals surface area contributed by atoms with Crippen LogP contribution in [0.4, 0.5) is 5.69 Å². The molecule has 2 heterocycles. The normalized spacial score (nSPS) is 11.1. The summed E-state index contributed by atoms with van der Waals surface area (Å²) >= 11 is 6.50. The monoisotopic (exact) mass is 542 g/mol. The first kappa shape index (κ1) is 26.4. The van der Waals surface area contributed by atoms with Crippen LogP contribution < -0.4 is 16.0 Å². The van der Waals surface area contributed by atoms with Crippen molar-refractivity contribution in [2.75, 3.05) is 25.0 Å². The van der Waals surface area contributed by atoms with Gasteiger partial charge >= 0.3 is 0 Å². The van der Waals surface area contributed by atoms with E-state index in [1.807, 2.05) is 60.0 Å². The van der Waals surface area contributed by atoms with E-state index < -0.39 is 0 Å². The van der Waals surface area contributed by atoms with Crippen molar-refractivity contribution in [3.8, 4) is 16.8 Å². The van der Waals surface area contributed by atoms with Crippen molar-refractivity contribution < 1.29 is 4.79 Å². The predicted molar refractivity (Wildman–Crippen MR) is 155 cm³/mol. The van der Waals surface area contributed by atoms with Gasteiger partial charge in [-0.1, -0.05) is 54.1 Å². The second kappa shape index (κ2) is 12.6. The highest BCUT2D eigenvalue weighted by Gasteiger charge is 2.10. The number of nitrogens with zero attached hydrogens (tertiary/aromatic N) is 4. The van der Waals surface area contributed by atoms with Crippen molar-refractivity contribution in [2.24, 2.45) is 0 Å².